The van der Waals surface area contributed by atoms with E-state index in [1.54, 1.807) is 33.8 Å². The molecule has 6 heteroatoms. The topological polar surface area (TPSA) is 84.9 Å². The average molecular weight is 414 g/mol. The predicted octanol–water partition coefficient (Wildman–Crippen LogP) is 5.99. The Morgan fingerprint density at radius 2 is 1.87 bits per heavy atom. The highest BCUT2D eigenvalue weighted by Crippen LogP contribution is 2.37. The summed E-state index contributed by atoms with van der Waals surface area (Å²) in [6.45, 7) is 11.5. The normalized spacial score (nSPS) is 12.2. The van der Waals surface area contributed by atoms with Gasteiger partial charge in [-0.25, -0.2) is 4.79 Å². The van der Waals surface area contributed by atoms with Crippen molar-refractivity contribution >= 4 is 17.7 Å². The molecule has 0 aromatic heterocycles. The number of carboxylic acid groups (broad SMARTS) is 1. The number of anilines is 1. The molecular formula is C24H31NO5. The van der Waals surface area contributed by atoms with Crippen molar-refractivity contribution < 1.29 is 24.2 Å². The van der Waals surface area contributed by atoms with Gasteiger partial charge in [-0.05, 0) is 69.4 Å². The van der Waals surface area contributed by atoms with Crippen molar-refractivity contribution in [2.45, 2.75) is 59.5 Å². The molecular weight excluding hydrogens is 382 g/mol. The molecule has 1 unspecified atom stereocenters. The smallest absolute Gasteiger partial charge is 0.412 e. The zero-order valence-electron chi connectivity index (χ0n) is 18.5. The number of benzene rings is 2. The lowest BCUT2D eigenvalue weighted by Gasteiger charge is -2.22. The van der Waals surface area contributed by atoms with Crippen LogP contribution in [-0.4, -0.2) is 29.4 Å². The average Bonchev–Trinajstić information content (AvgIpc) is 2.66. The largest absolute Gasteiger partial charge is 0.491 e. The SMILES string of the molecule is CCCOc1ccc(-c2cccc(C(C)C(=O)O)c2)c(C)c1NC(=O)OC(C)(C)C. The lowest BCUT2D eigenvalue weighted by Crippen LogP contribution is -2.27. The minimum Gasteiger partial charge on any atom is -0.491 e. The lowest BCUT2D eigenvalue weighted by molar-refractivity contribution is -0.138. The first-order chi connectivity index (χ1) is 14.0. The minimum absolute atomic E-state index is 0.521. The molecule has 0 radical (unpaired) electrons. The lowest BCUT2D eigenvalue weighted by atomic mass is 9.93. The summed E-state index contributed by atoms with van der Waals surface area (Å²) in [5.41, 5.74) is 3.20. The molecule has 2 aromatic carbocycles. The highest BCUT2D eigenvalue weighted by molar-refractivity contribution is 5.91. The van der Waals surface area contributed by atoms with Crippen molar-refractivity contribution in [3.63, 3.8) is 0 Å². The van der Waals surface area contributed by atoms with Crippen LogP contribution >= 0.6 is 0 Å². The van der Waals surface area contributed by atoms with Crippen LogP contribution in [0.25, 0.3) is 11.1 Å². The van der Waals surface area contributed by atoms with E-state index in [0.717, 1.165) is 23.1 Å². The van der Waals surface area contributed by atoms with Gasteiger partial charge in [-0.15, -0.1) is 0 Å². The second-order valence-corrected chi connectivity index (χ2v) is 8.27. The van der Waals surface area contributed by atoms with E-state index in [0.29, 0.717) is 23.6 Å². The number of amides is 1. The molecule has 2 aromatic rings. The molecule has 0 bridgehead atoms. The second-order valence-electron chi connectivity index (χ2n) is 8.27. The number of carboxylic acids is 1. The maximum atomic E-state index is 12.4. The van der Waals surface area contributed by atoms with E-state index in [4.69, 9.17) is 9.47 Å². The number of hydrogen-bond donors (Lipinski definition) is 2. The Morgan fingerprint density at radius 3 is 2.47 bits per heavy atom. The maximum Gasteiger partial charge on any atom is 0.412 e. The molecule has 30 heavy (non-hydrogen) atoms. The Bertz CT molecular complexity index is 914. The van der Waals surface area contributed by atoms with E-state index in [-0.39, 0.29) is 0 Å². The Hall–Kier alpha value is -3.02. The monoisotopic (exact) mass is 413 g/mol. The minimum atomic E-state index is -0.875. The van der Waals surface area contributed by atoms with Crippen molar-refractivity contribution in [3.05, 3.63) is 47.5 Å². The summed E-state index contributed by atoms with van der Waals surface area (Å²) in [6.07, 6.45) is 0.277. The summed E-state index contributed by atoms with van der Waals surface area (Å²) in [4.78, 5) is 23.8. The molecule has 0 saturated carbocycles. The summed E-state index contributed by atoms with van der Waals surface area (Å²) in [7, 11) is 0. The fourth-order valence-corrected chi connectivity index (χ4v) is 3.01. The molecule has 1 amide bonds. The van der Waals surface area contributed by atoms with Gasteiger partial charge in [0.2, 0.25) is 0 Å². The molecule has 0 saturated heterocycles. The van der Waals surface area contributed by atoms with Crippen molar-refractivity contribution in [3.8, 4) is 16.9 Å². The van der Waals surface area contributed by atoms with Crippen LogP contribution in [0.4, 0.5) is 10.5 Å². The van der Waals surface area contributed by atoms with Crippen molar-refractivity contribution in [1.29, 1.82) is 0 Å². The van der Waals surface area contributed by atoms with Crippen LogP contribution < -0.4 is 10.1 Å². The van der Waals surface area contributed by atoms with Crippen LogP contribution in [0.1, 0.15) is 58.1 Å². The number of rotatable bonds is 7. The highest BCUT2D eigenvalue weighted by atomic mass is 16.6. The van der Waals surface area contributed by atoms with Gasteiger partial charge in [-0.1, -0.05) is 37.3 Å². The quantitative estimate of drug-likeness (QED) is 0.583. The number of carbonyl (C=O) groups is 2. The molecule has 0 heterocycles. The van der Waals surface area contributed by atoms with Crippen LogP contribution in [0.5, 0.6) is 5.75 Å². The van der Waals surface area contributed by atoms with Gasteiger partial charge in [0.15, 0.2) is 0 Å². The Balaban J connectivity index is 2.48. The first-order valence-electron chi connectivity index (χ1n) is 10.1. The van der Waals surface area contributed by atoms with Gasteiger partial charge in [0.1, 0.15) is 11.4 Å². The van der Waals surface area contributed by atoms with Gasteiger partial charge in [0.05, 0.1) is 18.2 Å². The zero-order chi connectivity index (χ0) is 22.5. The molecule has 162 valence electrons. The Kier molecular flexibility index (Phi) is 7.48. The molecule has 6 nitrogen and oxygen atoms in total. The van der Waals surface area contributed by atoms with Crippen LogP contribution in [0.3, 0.4) is 0 Å². The molecule has 0 fully saturated rings. The van der Waals surface area contributed by atoms with Crippen molar-refractivity contribution in [1.82, 2.24) is 0 Å². The summed E-state index contributed by atoms with van der Waals surface area (Å²) in [5, 5.41) is 12.2. The van der Waals surface area contributed by atoms with E-state index >= 15 is 0 Å². The van der Waals surface area contributed by atoms with E-state index in [1.807, 2.05) is 44.2 Å². The molecule has 0 aliphatic carbocycles. The van der Waals surface area contributed by atoms with E-state index in [1.165, 1.54) is 0 Å². The molecule has 0 aliphatic heterocycles. The van der Waals surface area contributed by atoms with Gasteiger partial charge < -0.3 is 14.6 Å². The Labute approximate surface area is 178 Å². The van der Waals surface area contributed by atoms with Crippen LogP contribution in [0.15, 0.2) is 36.4 Å². The van der Waals surface area contributed by atoms with Gasteiger partial charge in [0, 0.05) is 0 Å². The maximum absolute atomic E-state index is 12.4. The highest BCUT2D eigenvalue weighted by Gasteiger charge is 2.21. The van der Waals surface area contributed by atoms with Gasteiger partial charge >= 0.3 is 12.1 Å². The standard InChI is InChI=1S/C24H31NO5/c1-7-13-29-20-12-11-19(16(3)21(20)25-23(28)30-24(4,5)6)18-10-8-9-17(14-18)15(2)22(26)27/h8-12,14-15H,7,13H2,1-6H3,(H,25,28)(H,26,27). The zero-order valence-corrected chi connectivity index (χ0v) is 18.5. The third-order valence-electron chi connectivity index (χ3n) is 4.58. The van der Waals surface area contributed by atoms with Gasteiger partial charge in [-0.3, -0.25) is 10.1 Å². The van der Waals surface area contributed by atoms with E-state index in [9.17, 15) is 14.7 Å². The number of aliphatic carboxylic acids is 1. The van der Waals surface area contributed by atoms with Gasteiger partial charge in [0.25, 0.3) is 0 Å². The first-order valence-corrected chi connectivity index (χ1v) is 10.1. The third kappa shape index (κ3) is 5.99. The summed E-state index contributed by atoms with van der Waals surface area (Å²) in [5.74, 6) is -0.921. The summed E-state index contributed by atoms with van der Waals surface area (Å²) >= 11 is 0. The van der Waals surface area contributed by atoms with Crippen LogP contribution in [0.2, 0.25) is 0 Å². The summed E-state index contributed by atoms with van der Waals surface area (Å²) in [6, 6.07) is 11.2. The van der Waals surface area contributed by atoms with Gasteiger partial charge in [-0.2, -0.15) is 0 Å². The number of hydrogen-bond acceptors (Lipinski definition) is 4. The fourth-order valence-electron chi connectivity index (χ4n) is 3.01. The summed E-state index contributed by atoms with van der Waals surface area (Å²) < 4.78 is 11.2. The van der Waals surface area contributed by atoms with Crippen LogP contribution in [0, 0.1) is 6.92 Å². The van der Waals surface area contributed by atoms with Crippen molar-refractivity contribution in [2.75, 3.05) is 11.9 Å². The number of carbonyl (C=O) groups excluding carboxylic acids is 1. The Morgan fingerprint density at radius 1 is 1.17 bits per heavy atom. The number of nitrogens with one attached hydrogen (secondary N) is 1. The molecule has 0 aliphatic rings. The number of ether oxygens (including phenoxy) is 2. The van der Waals surface area contributed by atoms with E-state index in [2.05, 4.69) is 5.32 Å². The third-order valence-corrected chi connectivity index (χ3v) is 4.58. The fraction of sp³-hybridized carbons (Fsp3) is 0.417. The molecule has 0 spiro atoms. The first kappa shape index (κ1) is 23.3. The predicted molar refractivity (Wildman–Crippen MR) is 118 cm³/mol. The van der Waals surface area contributed by atoms with Crippen molar-refractivity contribution in [2.24, 2.45) is 0 Å². The molecule has 2 rings (SSSR count). The second kappa shape index (κ2) is 9.65. The molecule has 2 N–H and O–H groups in total. The van der Waals surface area contributed by atoms with Crippen LogP contribution in [-0.2, 0) is 9.53 Å². The van der Waals surface area contributed by atoms with E-state index < -0.39 is 23.6 Å². The molecule has 1 atom stereocenters.